The van der Waals surface area contributed by atoms with Crippen molar-refractivity contribution in [2.45, 2.75) is 26.0 Å². The summed E-state index contributed by atoms with van der Waals surface area (Å²) in [5.74, 6) is 0.710. The molecule has 0 spiro atoms. The molecule has 6 rings (SSSR count). The predicted molar refractivity (Wildman–Crippen MR) is 174 cm³/mol. The Kier molecular flexibility index (Phi) is 8.94. The highest BCUT2D eigenvalue weighted by Crippen LogP contribution is 2.39. The molecule has 0 unspecified atom stereocenters. The molecule has 0 fully saturated rings. The van der Waals surface area contributed by atoms with E-state index in [9.17, 15) is 19.5 Å². The van der Waals surface area contributed by atoms with Gasteiger partial charge in [-0.3, -0.25) is 19.5 Å². The van der Waals surface area contributed by atoms with Crippen LogP contribution in [-0.2, 0) is 17.9 Å². The molecule has 1 amide bonds. The molecule has 1 aliphatic heterocycles. The van der Waals surface area contributed by atoms with Gasteiger partial charge in [-0.25, -0.2) is 4.79 Å². The number of pyridine rings is 2. The number of para-hydroxylation sites is 2. The number of aliphatic hydroxyl groups excluding tert-OH is 2. The molecule has 2 N–H and O–H groups in total. The fraction of sp³-hybridized carbons (Fsp3) is 0.294. The monoisotopic (exact) mass is 642 g/mol. The van der Waals surface area contributed by atoms with Crippen LogP contribution in [0.5, 0.6) is 23.0 Å². The van der Waals surface area contributed by atoms with E-state index in [0.717, 1.165) is 4.90 Å². The molecule has 0 saturated carbocycles. The zero-order valence-electron chi connectivity index (χ0n) is 26.2. The van der Waals surface area contributed by atoms with Gasteiger partial charge in [0.15, 0.2) is 17.2 Å². The molecule has 1 aliphatic rings. The van der Waals surface area contributed by atoms with Crippen molar-refractivity contribution in [3.8, 4) is 23.0 Å². The average Bonchev–Trinajstić information content (AvgIpc) is 3.53. The summed E-state index contributed by atoms with van der Waals surface area (Å²) in [5.41, 5.74) is 1.52. The summed E-state index contributed by atoms with van der Waals surface area (Å²) in [5, 5.41) is 21.6. The normalized spacial score (nSPS) is 12.3. The van der Waals surface area contributed by atoms with E-state index in [-0.39, 0.29) is 59.9 Å². The average molecular weight is 643 g/mol. The van der Waals surface area contributed by atoms with E-state index in [4.69, 9.17) is 24.1 Å². The lowest BCUT2D eigenvalue weighted by Crippen LogP contribution is -2.30. The summed E-state index contributed by atoms with van der Waals surface area (Å²) in [6, 6.07) is 13.2. The van der Waals surface area contributed by atoms with Gasteiger partial charge in [0.25, 0.3) is 5.56 Å². The van der Waals surface area contributed by atoms with Gasteiger partial charge in [-0.1, -0.05) is 12.1 Å². The molecule has 3 heterocycles. The lowest BCUT2D eigenvalue weighted by Gasteiger charge is -2.21. The number of amides is 1. The number of ether oxygens (including phenoxy) is 4. The zero-order chi connectivity index (χ0) is 33.2. The van der Waals surface area contributed by atoms with Crippen molar-refractivity contribution in [3.63, 3.8) is 0 Å². The third-order valence-corrected chi connectivity index (χ3v) is 7.97. The smallest absolute Gasteiger partial charge is 0.419 e. The van der Waals surface area contributed by atoms with E-state index in [1.807, 2.05) is 25.1 Å². The third kappa shape index (κ3) is 6.15. The number of likely N-dealkylation sites (N-methyl/N-ethyl adjacent to an activating group) is 1. The van der Waals surface area contributed by atoms with Gasteiger partial charge in [0.05, 0.1) is 28.7 Å². The zero-order valence-corrected chi connectivity index (χ0v) is 26.2. The number of esters is 1. The van der Waals surface area contributed by atoms with Crippen LogP contribution in [0.25, 0.3) is 32.6 Å². The Morgan fingerprint density at radius 1 is 0.936 bits per heavy atom. The van der Waals surface area contributed by atoms with E-state index < -0.39 is 18.7 Å². The first-order valence-electron chi connectivity index (χ1n) is 15.0. The maximum atomic E-state index is 14.2. The van der Waals surface area contributed by atoms with Crippen molar-refractivity contribution in [2.75, 3.05) is 46.0 Å². The molecular formula is C34H34N4O9. The van der Waals surface area contributed by atoms with Crippen molar-refractivity contribution in [2.24, 2.45) is 0 Å². The van der Waals surface area contributed by atoms with Crippen LogP contribution in [0, 0.1) is 0 Å². The van der Waals surface area contributed by atoms with Gasteiger partial charge in [0, 0.05) is 61.8 Å². The van der Waals surface area contributed by atoms with Gasteiger partial charge >= 0.3 is 12.1 Å². The summed E-state index contributed by atoms with van der Waals surface area (Å²) in [6.45, 7) is 0.390. The third-order valence-electron chi connectivity index (χ3n) is 7.97. The summed E-state index contributed by atoms with van der Waals surface area (Å²) < 4.78 is 24.0. The van der Waals surface area contributed by atoms with E-state index >= 15 is 0 Å². The van der Waals surface area contributed by atoms with Gasteiger partial charge in [-0.15, -0.1) is 0 Å². The van der Waals surface area contributed by atoms with Crippen LogP contribution in [0.2, 0.25) is 0 Å². The Balaban J connectivity index is 1.43. The molecule has 2 aromatic heterocycles. The van der Waals surface area contributed by atoms with Gasteiger partial charge in [-0.05, 0) is 56.2 Å². The van der Waals surface area contributed by atoms with Crippen molar-refractivity contribution >= 4 is 50.3 Å². The molecule has 0 atom stereocenters. The number of benzene rings is 3. The molecule has 3 aromatic carbocycles. The van der Waals surface area contributed by atoms with Crippen molar-refractivity contribution in [1.29, 1.82) is 0 Å². The molecule has 0 saturated heterocycles. The molecule has 0 bridgehead atoms. The number of fused-ring (bicyclic) bond motifs is 6. The summed E-state index contributed by atoms with van der Waals surface area (Å²) in [6.07, 6.45) is 1.10. The van der Waals surface area contributed by atoms with Crippen molar-refractivity contribution in [3.05, 3.63) is 70.6 Å². The maximum absolute atomic E-state index is 14.2. The first-order valence-corrected chi connectivity index (χ1v) is 15.0. The minimum Gasteiger partial charge on any atom is -0.454 e. The number of carbonyl (C=O) groups is 2. The highest BCUT2D eigenvalue weighted by molar-refractivity contribution is 6.15. The fourth-order valence-electron chi connectivity index (χ4n) is 5.54. The highest BCUT2D eigenvalue weighted by Gasteiger charge is 2.24. The number of aromatic nitrogens is 2. The van der Waals surface area contributed by atoms with Crippen molar-refractivity contribution < 1.29 is 38.7 Å². The highest BCUT2D eigenvalue weighted by atomic mass is 16.7. The predicted octanol–water partition coefficient (Wildman–Crippen LogP) is 3.80. The number of hydrogen-bond acceptors (Lipinski definition) is 11. The molecule has 13 heteroatoms. The Bertz CT molecular complexity index is 2080. The van der Waals surface area contributed by atoms with Crippen LogP contribution >= 0.6 is 0 Å². The molecule has 5 aromatic rings. The van der Waals surface area contributed by atoms with Crippen LogP contribution in [0.1, 0.15) is 18.4 Å². The Labute approximate surface area is 269 Å². The van der Waals surface area contributed by atoms with Crippen LogP contribution < -0.4 is 29.4 Å². The van der Waals surface area contributed by atoms with Gasteiger partial charge in [0.2, 0.25) is 6.79 Å². The lowest BCUT2D eigenvalue weighted by molar-refractivity contribution is -0.134. The number of hydrogen-bond donors (Lipinski definition) is 2. The molecule has 0 radical (unpaired) electrons. The van der Waals surface area contributed by atoms with Crippen LogP contribution in [0.3, 0.4) is 0 Å². The minimum atomic E-state index is -0.838. The maximum Gasteiger partial charge on any atom is 0.419 e. The molecular weight excluding hydrogens is 608 g/mol. The Morgan fingerprint density at radius 3 is 2.45 bits per heavy atom. The van der Waals surface area contributed by atoms with Crippen LogP contribution in [-0.4, -0.2) is 77.8 Å². The quantitative estimate of drug-likeness (QED) is 0.130. The number of rotatable bonds is 10. The number of nitrogens with zero attached hydrogens (tertiary/aromatic N) is 4. The van der Waals surface area contributed by atoms with E-state index in [1.54, 1.807) is 41.1 Å². The number of carbonyl (C=O) groups excluding carboxylic acids is 2. The molecule has 244 valence electrons. The van der Waals surface area contributed by atoms with Gasteiger partial charge in [0.1, 0.15) is 5.75 Å². The van der Waals surface area contributed by atoms with E-state index in [1.165, 1.54) is 19.2 Å². The Hall–Kier alpha value is -5.24. The van der Waals surface area contributed by atoms with Crippen LogP contribution in [0.15, 0.2) is 59.5 Å². The molecule has 0 aliphatic carbocycles. The van der Waals surface area contributed by atoms with E-state index in [0.29, 0.717) is 51.8 Å². The van der Waals surface area contributed by atoms with E-state index in [2.05, 4.69) is 4.98 Å². The first-order chi connectivity index (χ1) is 22.7. The summed E-state index contributed by atoms with van der Waals surface area (Å²) >= 11 is 0. The topological polar surface area (TPSA) is 153 Å². The number of aliphatic hydroxyl groups is 2. The largest absolute Gasteiger partial charge is 0.454 e. The minimum absolute atomic E-state index is 0.00185. The standard InChI is InChI=1S/C34H34N4O9/c1-36(2)10-11-38-32-23-15-29-30(45-19-44-29)16-25(23)35-17-24(32)21-13-20(18-40)28(14-22(21)33(38)42)47-34(43)37(3)26-7-4-5-8-27(26)46-31(41)9-6-12-39/h4-5,7-8,13-17,39-40H,6,9-12,18-19H2,1-3H3. The molecule has 47 heavy (non-hydrogen) atoms. The fourth-order valence-corrected chi connectivity index (χ4v) is 5.54. The second-order valence-corrected chi connectivity index (χ2v) is 11.4. The second-order valence-electron chi connectivity index (χ2n) is 11.4. The summed E-state index contributed by atoms with van der Waals surface area (Å²) in [4.78, 5) is 47.7. The molecule has 13 nitrogen and oxygen atoms in total. The van der Waals surface area contributed by atoms with Gasteiger partial charge in [-0.2, -0.15) is 0 Å². The van der Waals surface area contributed by atoms with Crippen molar-refractivity contribution in [1.82, 2.24) is 14.5 Å². The second kappa shape index (κ2) is 13.2. The first kappa shape index (κ1) is 31.7. The summed E-state index contributed by atoms with van der Waals surface area (Å²) in [7, 11) is 5.29. The Morgan fingerprint density at radius 2 is 1.70 bits per heavy atom. The lowest BCUT2D eigenvalue weighted by atomic mass is 10.0. The van der Waals surface area contributed by atoms with Crippen LogP contribution in [0.4, 0.5) is 10.5 Å². The van der Waals surface area contributed by atoms with Gasteiger partial charge < -0.3 is 38.6 Å². The number of anilines is 1. The SMILES string of the molecule is CN(C)CCn1c(=O)c2cc(OC(=O)N(C)c3ccccc3OC(=O)CCCO)c(CO)cc2c2cnc3cc4c(cc3c21)OCO4.